The zero-order valence-electron chi connectivity index (χ0n) is 33.5. The van der Waals surface area contributed by atoms with Crippen molar-refractivity contribution < 1.29 is 0 Å². The molecule has 3 aromatic heterocycles. The van der Waals surface area contributed by atoms with E-state index in [1.807, 2.05) is 22.7 Å². The van der Waals surface area contributed by atoms with E-state index >= 15 is 0 Å². The molecule has 0 aliphatic heterocycles. The van der Waals surface area contributed by atoms with Gasteiger partial charge < -0.3 is 9.47 Å². The molecule has 2 nitrogen and oxygen atoms in total. The maximum absolute atomic E-state index is 2.48. The van der Waals surface area contributed by atoms with Gasteiger partial charge in [-0.15, -0.1) is 22.7 Å². The number of benzene rings is 10. The third-order valence-corrected chi connectivity index (χ3v) is 14.9. The first-order valence-electron chi connectivity index (χ1n) is 21.1. The minimum absolute atomic E-state index is 1.11. The van der Waals surface area contributed by atoms with E-state index < -0.39 is 0 Å². The van der Waals surface area contributed by atoms with E-state index in [1.165, 1.54) is 101 Å². The van der Waals surface area contributed by atoms with E-state index in [-0.39, 0.29) is 0 Å². The number of fused-ring (bicyclic) bond motifs is 11. The average molecular weight is 825 g/mol. The molecule has 0 amide bonds. The minimum Gasteiger partial charge on any atom is -0.310 e. The predicted octanol–water partition coefficient (Wildman–Crippen LogP) is 17.5. The highest BCUT2D eigenvalue weighted by atomic mass is 32.1. The molecule has 0 atom stereocenters. The Morgan fingerprint density at radius 3 is 1.84 bits per heavy atom. The van der Waals surface area contributed by atoms with E-state index in [9.17, 15) is 0 Å². The van der Waals surface area contributed by atoms with Crippen LogP contribution in [0.2, 0.25) is 0 Å². The minimum atomic E-state index is 1.11. The summed E-state index contributed by atoms with van der Waals surface area (Å²) in [5.41, 5.74) is 11.9. The van der Waals surface area contributed by atoms with Gasteiger partial charge >= 0.3 is 0 Å². The van der Waals surface area contributed by atoms with Gasteiger partial charge in [0.15, 0.2) is 0 Å². The lowest BCUT2D eigenvalue weighted by molar-refractivity contribution is 1.19. The maximum Gasteiger partial charge on any atom is 0.0619 e. The van der Waals surface area contributed by atoms with Crippen LogP contribution in [0.1, 0.15) is 0 Å². The number of hydrogen-bond acceptors (Lipinski definition) is 3. The molecule has 0 unspecified atom stereocenters. The number of anilines is 3. The molecule has 290 valence electrons. The van der Waals surface area contributed by atoms with Gasteiger partial charge in [-0.2, -0.15) is 0 Å². The Kier molecular flexibility index (Phi) is 7.99. The van der Waals surface area contributed by atoms with Gasteiger partial charge in [-0.1, -0.05) is 152 Å². The number of para-hydroxylation sites is 1. The Morgan fingerprint density at radius 2 is 1.02 bits per heavy atom. The molecule has 62 heavy (non-hydrogen) atoms. The molecule has 0 saturated heterocycles. The average Bonchev–Trinajstić information content (AvgIpc) is 4.02. The van der Waals surface area contributed by atoms with Crippen LogP contribution < -0.4 is 4.90 Å². The van der Waals surface area contributed by atoms with Gasteiger partial charge in [-0.3, -0.25) is 0 Å². The number of aromatic nitrogens is 1. The van der Waals surface area contributed by atoms with Gasteiger partial charge in [0.05, 0.1) is 16.7 Å². The molecule has 13 rings (SSSR count). The van der Waals surface area contributed by atoms with Crippen LogP contribution in [0.4, 0.5) is 17.1 Å². The lowest BCUT2D eigenvalue weighted by Crippen LogP contribution is -2.10. The fourth-order valence-electron chi connectivity index (χ4n) is 9.73. The topological polar surface area (TPSA) is 8.17 Å². The van der Waals surface area contributed by atoms with Gasteiger partial charge in [-0.05, 0) is 94.4 Å². The van der Waals surface area contributed by atoms with Crippen LogP contribution in [-0.2, 0) is 0 Å². The van der Waals surface area contributed by atoms with Crippen LogP contribution in [0.25, 0.3) is 101 Å². The first-order valence-corrected chi connectivity index (χ1v) is 22.7. The highest BCUT2D eigenvalue weighted by Crippen LogP contribution is 2.49. The summed E-state index contributed by atoms with van der Waals surface area (Å²) < 4.78 is 7.65. The van der Waals surface area contributed by atoms with E-state index in [0.717, 1.165) is 17.1 Å². The normalized spacial score (nSPS) is 11.9. The van der Waals surface area contributed by atoms with Crippen molar-refractivity contribution in [2.24, 2.45) is 0 Å². The van der Waals surface area contributed by atoms with Gasteiger partial charge in [0.25, 0.3) is 0 Å². The molecule has 3 heterocycles. The van der Waals surface area contributed by atoms with Crippen molar-refractivity contribution in [1.82, 2.24) is 4.57 Å². The summed E-state index contributed by atoms with van der Waals surface area (Å²) in [4.78, 5) is 2.48. The van der Waals surface area contributed by atoms with E-state index in [4.69, 9.17) is 0 Å². The lowest BCUT2D eigenvalue weighted by atomic mass is 9.99. The third kappa shape index (κ3) is 5.47. The molecule has 13 aromatic rings. The SMILES string of the molecule is c1ccc(-c2ccc(N(c3ccc(-c4ccc5c6ccc7ccccc7c6n(-c6ccccc6)c5c4)cc3)c3ccc4sc5ccccc5c4c3)c3c2sc2ccccc23)cc1. The Bertz CT molecular complexity index is 3860. The molecule has 0 bridgehead atoms. The lowest BCUT2D eigenvalue weighted by Gasteiger charge is -2.27. The Hall–Kier alpha value is -7.50. The summed E-state index contributed by atoms with van der Waals surface area (Å²) in [6.45, 7) is 0. The molecular formula is C58H36N2S2. The van der Waals surface area contributed by atoms with Crippen molar-refractivity contribution >= 4 is 113 Å². The van der Waals surface area contributed by atoms with Gasteiger partial charge in [0.1, 0.15) is 0 Å². The zero-order valence-corrected chi connectivity index (χ0v) is 35.1. The molecular weight excluding hydrogens is 789 g/mol. The third-order valence-electron chi connectivity index (χ3n) is 12.6. The molecule has 0 spiro atoms. The number of rotatable bonds is 6. The van der Waals surface area contributed by atoms with Crippen molar-refractivity contribution in [3.8, 4) is 27.9 Å². The second-order valence-corrected chi connectivity index (χ2v) is 18.2. The molecule has 0 radical (unpaired) electrons. The summed E-state index contributed by atoms with van der Waals surface area (Å²) in [5, 5.41) is 10.2. The fraction of sp³-hybridized carbons (Fsp3) is 0. The largest absolute Gasteiger partial charge is 0.310 e. The molecule has 0 fully saturated rings. The second-order valence-electron chi connectivity index (χ2n) is 16.0. The molecule has 0 N–H and O–H groups in total. The van der Waals surface area contributed by atoms with E-state index in [2.05, 4.69) is 228 Å². The summed E-state index contributed by atoms with van der Waals surface area (Å²) in [5.74, 6) is 0. The summed E-state index contributed by atoms with van der Waals surface area (Å²) in [6, 6.07) is 80.4. The highest BCUT2D eigenvalue weighted by Gasteiger charge is 2.22. The smallest absolute Gasteiger partial charge is 0.0619 e. The molecule has 4 heteroatoms. The second kappa shape index (κ2) is 14.0. The quantitative estimate of drug-likeness (QED) is 0.162. The van der Waals surface area contributed by atoms with Crippen molar-refractivity contribution in [1.29, 1.82) is 0 Å². The fourth-order valence-corrected chi connectivity index (χ4v) is 12.1. The van der Waals surface area contributed by atoms with Gasteiger partial charge in [0.2, 0.25) is 0 Å². The number of hydrogen-bond donors (Lipinski definition) is 0. The zero-order chi connectivity index (χ0) is 40.7. The Morgan fingerprint density at radius 1 is 0.371 bits per heavy atom. The Balaban J connectivity index is 1.01. The van der Waals surface area contributed by atoms with Crippen molar-refractivity contribution in [3.05, 3.63) is 218 Å². The van der Waals surface area contributed by atoms with Crippen LogP contribution in [0.5, 0.6) is 0 Å². The van der Waals surface area contributed by atoms with Crippen LogP contribution in [0.3, 0.4) is 0 Å². The standard InChI is InChI=1S/C58H36N2S2/c1-3-13-38(14-4-1)45-32-33-51(56-49-20-10-12-22-54(49)62-58(45)56)59(43-29-34-55-50(36-43)47-19-9-11-21-53(47)61-55)42-27-23-37(24-28-42)40-26-30-46-48-31-25-39-15-7-8-18-44(39)57(48)60(52(46)35-40)41-16-5-2-6-17-41/h1-36H. The van der Waals surface area contributed by atoms with Gasteiger partial charge in [0, 0.05) is 73.6 Å². The Labute approximate surface area is 366 Å². The summed E-state index contributed by atoms with van der Waals surface area (Å²) >= 11 is 3.75. The van der Waals surface area contributed by atoms with Crippen molar-refractivity contribution in [2.45, 2.75) is 0 Å². The first-order chi connectivity index (χ1) is 30.7. The van der Waals surface area contributed by atoms with E-state index in [0.29, 0.717) is 0 Å². The molecule has 0 aliphatic rings. The van der Waals surface area contributed by atoms with Crippen LogP contribution in [-0.4, -0.2) is 4.57 Å². The molecule has 0 saturated carbocycles. The number of thiophene rings is 2. The van der Waals surface area contributed by atoms with Crippen LogP contribution in [0.15, 0.2) is 218 Å². The summed E-state index contributed by atoms with van der Waals surface area (Å²) in [7, 11) is 0. The number of nitrogens with zero attached hydrogens (tertiary/aromatic N) is 2. The van der Waals surface area contributed by atoms with E-state index in [1.54, 1.807) is 0 Å². The highest BCUT2D eigenvalue weighted by molar-refractivity contribution is 7.26. The first kappa shape index (κ1) is 35.3. The van der Waals surface area contributed by atoms with Crippen LogP contribution >= 0.6 is 22.7 Å². The molecule has 0 aliphatic carbocycles. The van der Waals surface area contributed by atoms with Crippen molar-refractivity contribution in [3.63, 3.8) is 0 Å². The monoisotopic (exact) mass is 824 g/mol. The predicted molar refractivity (Wildman–Crippen MR) is 270 cm³/mol. The van der Waals surface area contributed by atoms with Crippen molar-refractivity contribution in [2.75, 3.05) is 4.90 Å². The van der Waals surface area contributed by atoms with Gasteiger partial charge in [-0.25, -0.2) is 0 Å². The maximum atomic E-state index is 2.48. The summed E-state index contributed by atoms with van der Waals surface area (Å²) in [6.07, 6.45) is 0. The van der Waals surface area contributed by atoms with Crippen LogP contribution in [0, 0.1) is 0 Å². The molecule has 10 aromatic carbocycles.